The second-order valence-electron chi connectivity index (χ2n) is 3.08. The maximum atomic E-state index is 11.0. The smallest absolute Gasteiger partial charge is 0.319 e. The highest BCUT2D eigenvalue weighted by Gasteiger charge is 2.00. The van der Waals surface area contributed by atoms with Crippen LogP contribution in [-0.2, 0) is 16.1 Å². The predicted molar refractivity (Wildman–Crippen MR) is 56.4 cm³/mol. The van der Waals surface area contributed by atoms with Crippen molar-refractivity contribution < 1.29 is 14.6 Å². The van der Waals surface area contributed by atoms with Gasteiger partial charge in [-0.1, -0.05) is 12.1 Å². The third-order valence-electron chi connectivity index (χ3n) is 1.81. The average Bonchev–Trinajstić information content (AvgIpc) is 2.18. The van der Waals surface area contributed by atoms with Crippen molar-refractivity contribution in [3.63, 3.8) is 0 Å². The summed E-state index contributed by atoms with van der Waals surface area (Å²) >= 11 is 0. The first-order valence-electron chi connectivity index (χ1n) is 4.86. The number of phenolic OH excluding ortho intramolecular Hbond substituents is 1. The van der Waals surface area contributed by atoms with Crippen molar-refractivity contribution in [1.29, 1.82) is 0 Å². The van der Waals surface area contributed by atoms with Gasteiger partial charge in [-0.2, -0.15) is 0 Å². The Morgan fingerprint density at radius 3 is 3.00 bits per heavy atom. The number of rotatable bonds is 5. The molecule has 1 rings (SSSR count). The van der Waals surface area contributed by atoms with E-state index in [1.54, 1.807) is 25.1 Å². The summed E-state index contributed by atoms with van der Waals surface area (Å²) in [7, 11) is 0. The molecule has 0 aliphatic heterocycles. The fourth-order valence-corrected chi connectivity index (χ4v) is 1.19. The number of carbonyl (C=O) groups is 1. The van der Waals surface area contributed by atoms with Crippen molar-refractivity contribution in [1.82, 2.24) is 5.32 Å². The fourth-order valence-electron chi connectivity index (χ4n) is 1.19. The van der Waals surface area contributed by atoms with E-state index < -0.39 is 0 Å². The summed E-state index contributed by atoms with van der Waals surface area (Å²) in [5.41, 5.74) is 0.930. The molecule has 15 heavy (non-hydrogen) atoms. The van der Waals surface area contributed by atoms with Gasteiger partial charge >= 0.3 is 5.97 Å². The number of nitrogens with one attached hydrogen (secondary N) is 1. The zero-order valence-corrected chi connectivity index (χ0v) is 8.69. The highest BCUT2D eigenvalue weighted by atomic mass is 16.5. The van der Waals surface area contributed by atoms with Crippen LogP contribution in [0.4, 0.5) is 0 Å². The number of benzene rings is 1. The van der Waals surface area contributed by atoms with Crippen LogP contribution in [-0.4, -0.2) is 24.2 Å². The quantitative estimate of drug-likeness (QED) is 0.711. The van der Waals surface area contributed by atoms with Gasteiger partial charge in [0.2, 0.25) is 0 Å². The lowest BCUT2D eigenvalue weighted by Gasteiger charge is -2.04. The van der Waals surface area contributed by atoms with Crippen molar-refractivity contribution in [3.05, 3.63) is 29.8 Å². The predicted octanol–water partition coefficient (Wildman–Crippen LogP) is 1.04. The summed E-state index contributed by atoms with van der Waals surface area (Å²) in [6.07, 6.45) is 0. The lowest BCUT2D eigenvalue weighted by molar-refractivity contribution is -0.142. The van der Waals surface area contributed by atoms with E-state index in [-0.39, 0.29) is 18.3 Å². The molecular formula is C11H15NO3. The second kappa shape index (κ2) is 6.03. The number of ether oxygens (including phenoxy) is 1. The molecule has 0 radical (unpaired) electrons. The second-order valence-corrected chi connectivity index (χ2v) is 3.08. The third kappa shape index (κ3) is 4.46. The number of esters is 1. The number of aromatic hydroxyl groups is 1. The maximum Gasteiger partial charge on any atom is 0.319 e. The summed E-state index contributed by atoms with van der Waals surface area (Å²) in [6, 6.07) is 6.89. The minimum Gasteiger partial charge on any atom is -0.508 e. The molecule has 0 bridgehead atoms. The molecule has 4 nitrogen and oxygen atoms in total. The van der Waals surface area contributed by atoms with E-state index >= 15 is 0 Å². The topological polar surface area (TPSA) is 58.6 Å². The minimum atomic E-state index is -0.266. The first-order chi connectivity index (χ1) is 7.22. The van der Waals surface area contributed by atoms with Crippen LogP contribution in [0, 0.1) is 0 Å². The Morgan fingerprint density at radius 2 is 2.33 bits per heavy atom. The molecule has 82 valence electrons. The largest absolute Gasteiger partial charge is 0.508 e. The molecule has 0 aliphatic carbocycles. The number of hydrogen-bond acceptors (Lipinski definition) is 4. The van der Waals surface area contributed by atoms with Crippen LogP contribution in [0.3, 0.4) is 0 Å². The molecule has 0 spiro atoms. The van der Waals surface area contributed by atoms with Gasteiger partial charge in [0, 0.05) is 6.54 Å². The Morgan fingerprint density at radius 1 is 1.53 bits per heavy atom. The molecule has 0 amide bonds. The van der Waals surface area contributed by atoms with Gasteiger partial charge in [0.25, 0.3) is 0 Å². The Hall–Kier alpha value is -1.55. The van der Waals surface area contributed by atoms with Gasteiger partial charge in [-0.25, -0.2) is 0 Å². The summed E-state index contributed by atoms with van der Waals surface area (Å²) < 4.78 is 4.75. The van der Waals surface area contributed by atoms with Crippen molar-refractivity contribution in [3.8, 4) is 5.75 Å². The van der Waals surface area contributed by atoms with Crippen LogP contribution in [0.5, 0.6) is 5.75 Å². The van der Waals surface area contributed by atoms with Crippen molar-refractivity contribution in [2.45, 2.75) is 13.5 Å². The SMILES string of the molecule is CCOC(=O)CNCc1cccc(O)c1. The lowest BCUT2D eigenvalue weighted by atomic mass is 10.2. The number of phenols is 1. The molecule has 0 aromatic heterocycles. The van der Waals surface area contributed by atoms with Gasteiger partial charge in [-0.05, 0) is 24.6 Å². The highest BCUT2D eigenvalue weighted by Crippen LogP contribution is 2.10. The number of carbonyl (C=O) groups excluding carboxylic acids is 1. The monoisotopic (exact) mass is 209 g/mol. The zero-order valence-electron chi connectivity index (χ0n) is 8.69. The van der Waals surface area contributed by atoms with E-state index in [4.69, 9.17) is 4.74 Å². The molecule has 0 saturated carbocycles. The summed E-state index contributed by atoms with van der Waals surface area (Å²) in [4.78, 5) is 11.0. The van der Waals surface area contributed by atoms with E-state index in [2.05, 4.69) is 5.32 Å². The molecule has 0 heterocycles. The summed E-state index contributed by atoms with van der Waals surface area (Å²) in [5, 5.41) is 12.1. The first-order valence-corrected chi connectivity index (χ1v) is 4.86. The average molecular weight is 209 g/mol. The van der Waals surface area contributed by atoms with Gasteiger partial charge < -0.3 is 15.2 Å². The molecule has 0 unspecified atom stereocenters. The molecule has 1 aromatic carbocycles. The van der Waals surface area contributed by atoms with Crippen molar-refractivity contribution >= 4 is 5.97 Å². The van der Waals surface area contributed by atoms with Crippen LogP contribution in [0.25, 0.3) is 0 Å². The molecule has 2 N–H and O–H groups in total. The molecule has 0 aliphatic rings. The zero-order chi connectivity index (χ0) is 11.1. The molecule has 4 heteroatoms. The standard InChI is InChI=1S/C11H15NO3/c1-2-15-11(14)8-12-7-9-4-3-5-10(13)6-9/h3-6,12-13H,2,7-8H2,1H3. The van der Waals surface area contributed by atoms with Crippen LogP contribution < -0.4 is 5.32 Å². The van der Waals surface area contributed by atoms with E-state index in [1.165, 1.54) is 0 Å². The van der Waals surface area contributed by atoms with Gasteiger partial charge in [0.1, 0.15) is 5.75 Å². The minimum absolute atomic E-state index is 0.184. The van der Waals surface area contributed by atoms with E-state index in [0.717, 1.165) is 5.56 Å². The molecule has 0 atom stereocenters. The maximum absolute atomic E-state index is 11.0. The van der Waals surface area contributed by atoms with Gasteiger partial charge in [-0.3, -0.25) is 4.79 Å². The Kier molecular flexibility index (Phi) is 4.63. The van der Waals surface area contributed by atoms with E-state index in [9.17, 15) is 9.90 Å². The molecular weight excluding hydrogens is 194 g/mol. The van der Waals surface area contributed by atoms with Crippen LogP contribution in [0.2, 0.25) is 0 Å². The van der Waals surface area contributed by atoms with E-state index in [1.807, 2.05) is 6.07 Å². The van der Waals surface area contributed by atoms with Crippen LogP contribution in [0.1, 0.15) is 12.5 Å². The first kappa shape index (κ1) is 11.5. The Labute approximate surface area is 88.9 Å². The molecule has 1 aromatic rings. The van der Waals surface area contributed by atoms with Gasteiger partial charge in [0.15, 0.2) is 0 Å². The number of hydrogen-bond donors (Lipinski definition) is 2. The van der Waals surface area contributed by atoms with Crippen LogP contribution in [0.15, 0.2) is 24.3 Å². The van der Waals surface area contributed by atoms with Crippen molar-refractivity contribution in [2.24, 2.45) is 0 Å². The fraction of sp³-hybridized carbons (Fsp3) is 0.364. The van der Waals surface area contributed by atoms with Crippen molar-refractivity contribution in [2.75, 3.05) is 13.2 Å². The molecule has 0 saturated heterocycles. The normalized spacial score (nSPS) is 9.93. The Balaban J connectivity index is 2.28. The Bertz CT molecular complexity index is 325. The lowest BCUT2D eigenvalue weighted by Crippen LogP contribution is -2.24. The third-order valence-corrected chi connectivity index (χ3v) is 1.81. The van der Waals surface area contributed by atoms with E-state index in [0.29, 0.717) is 13.2 Å². The van der Waals surface area contributed by atoms with Crippen LogP contribution >= 0.6 is 0 Å². The summed E-state index contributed by atoms with van der Waals surface area (Å²) in [5.74, 6) is -0.0388. The van der Waals surface area contributed by atoms with Gasteiger partial charge in [-0.15, -0.1) is 0 Å². The summed E-state index contributed by atoms with van der Waals surface area (Å²) in [6.45, 7) is 2.89. The van der Waals surface area contributed by atoms with Gasteiger partial charge in [0.05, 0.1) is 13.2 Å². The highest BCUT2D eigenvalue weighted by molar-refractivity contribution is 5.71. The molecule has 0 fully saturated rings.